The summed E-state index contributed by atoms with van der Waals surface area (Å²) < 4.78 is 0. The molecule has 0 aliphatic carbocycles. The van der Waals surface area contributed by atoms with Crippen LogP contribution in [0.2, 0.25) is 0 Å². The molecule has 0 aliphatic heterocycles. The van der Waals surface area contributed by atoms with Gasteiger partial charge in [-0.2, -0.15) is 0 Å². The van der Waals surface area contributed by atoms with E-state index in [4.69, 9.17) is 5.11 Å². The molecule has 1 rings (SSSR count). The van der Waals surface area contributed by atoms with Crippen LogP contribution in [0.15, 0.2) is 10.9 Å². The van der Waals surface area contributed by atoms with Gasteiger partial charge in [0.05, 0.1) is 12.1 Å². The summed E-state index contributed by atoms with van der Waals surface area (Å²) in [7, 11) is 0. The highest BCUT2D eigenvalue weighted by molar-refractivity contribution is 7.07. The van der Waals surface area contributed by atoms with Crippen LogP contribution in [0.1, 0.15) is 17.4 Å². The highest BCUT2D eigenvalue weighted by atomic mass is 32.1. The number of amides is 1. The summed E-state index contributed by atoms with van der Waals surface area (Å²) in [5.41, 5.74) is -0.267. The van der Waals surface area contributed by atoms with Crippen molar-refractivity contribution in [3.8, 4) is 0 Å². The zero-order valence-corrected chi connectivity index (χ0v) is 8.74. The van der Waals surface area contributed by atoms with Gasteiger partial charge in [0.15, 0.2) is 5.60 Å². The Morgan fingerprint density at radius 2 is 2.33 bits per heavy atom. The van der Waals surface area contributed by atoms with E-state index in [9.17, 15) is 14.7 Å². The number of nitrogens with zero attached hydrogens (tertiary/aromatic N) is 1. The summed E-state index contributed by atoms with van der Waals surface area (Å²) in [5, 5.41) is 21.7. The lowest BCUT2D eigenvalue weighted by atomic mass is 10.1. The van der Waals surface area contributed by atoms with Crippen molar-refractivity contribution in [3.05, 3.63) is 16.6 Å². The van der Waals surface area contributed by atoms with Gasteiger partial charge >= 0.3 is 5.97 Å². The monoisotopic (exact) mass is 230 g/mol. The summed E-state index contributed by atoms with van der Waals surface area (Å²) >= 11 is 1.26. The maximum Gasteiger partial charge on any atom is 0.337 e. The van der Waals surface area contributed by atoms with E-state index in [-0.39, 0.29) is 12.2 Å². The van der Waals surface area contributed by atoms with Crippen molar-refractivity contribution in [2.75, 3.05) is 6.54 Å². The average molecular weight is 230 g/mol. The van der Waals surface area contributed by atoms with Crippen LogP contribution in [-0.4, -0.2) is 39.2 Å². The molecule has 6 nitrogen and oxygen atoms in total. The molecule has 1 heterocycles. The Morgan fingerprint density at radius 1 is 1.67 bits per heavy atom. The first-order chi connectivity index (χ1) is 6.93. The molecular weight excluding hydrogens is 220 g/mol. The molecule has 1 amide bonds. The van der Waals surface area contributed by atoms with Crippen molar-refractivity contribution in [2.24, 2.45) is 0 Å². The quantitative estimate of drug-likeness (QED) is 0.660. The maximum absolute atomic E-state index is 11.3. The summed E-state index contributed by atoms with van der Waals surface area (Å²) in [6, 6.07) is 0. The van der Waals surface area contributed by atoms with Crippen LogP contribution in [0.3, 0.4) is 0 Å². The zero-order chi connectivity index (χ0) is 11.5. The molecule has 7 heteroatoms. The first-order valence-corrected chi connectivity index (χ1v) is 5.00. The number of aliphatic carboxylic acids is 1. The predicted octanol–water partition coefficient (Wildman–Crippen LogP) is -0.291. The third-order valence-electron chi connectivity index (χ3n) is 1.72. The fraction of sp³-hybridized carbons (Fsp3) is 0.375. The Morgan fingerprint density at radius 3 is 2.80 bits per heavy atom. The van der Waals surface area contributed by atoms with E-state index in [1.165, 1.54) is 22.2 Å². The molecule has 0 aliphatic rings. The van der Waals surface area contributed by atoms with Crippen molar-refractivity contribution >= 4 is 23.2 Å². The van der Waals surface area contributed by atoms with E-state index in [1.807, 2.05) is 0 Å². The molecule has 0 spiro atoms. The third-order valence-corrected chi connectivity index (χ3v) is 2.31. The van der Waals surface area contributed by atoms with Gasteiger partial charge in [-0.3, -0.25) is 4.79 Å². The van der Waals surface area contributed by atoms with E-state index >= 15 is 0 Å². The van der Waals surface area contributed by atoms with Crippen molar-refractivity contribution in [1.29, 1.82) is 0 Å². The Balaban J connectivity index is 2.51. The molecule has 1 aromatic rings. The average Bonchev–Trinajstić information content (AvgIpc) is 2.66. The van der Waals surface area contributed by atoms with Crippen LogP contribution in [0.5, 0.6) is 0 Å². The Hall–Kier alpha value is -1.47. The lowest BCUT2D eigenvalue weighted by Gasteiger charge is -2.17. The molecule has 15 heavy (non-hydrogen) atoms. The van der Waals surface area contributed by atoms with Gasteiger partial charge in [0.25, 0.3) is 5.91 Å². The second kappa shape index (κ2) is 4.37. The molecule has 0 fully saturated rings. The number of rotatable bonds is 4. The fourth-order valence-electron chi connectivity index (χ4n) is 0.743. The Kier molecular flexibility index (Phi) is 3.38. The van der Waals surface area contributed by atoms with E-state index in [0.717, 1.165) is 6.92 Å². The Bertz CT molecular complexity index is 361. The zero-order valence-electron chi connectivity index (χ0n) is 7.93. The number of aliphatic hydroxyl groups is 1. The summed E-state index contributed by atoms with van der Waals surface area (Å²) in [6.45, 7) is 0.745. The largest absolute Gasteiger partial charge is 0.479 e. The van der Waals surface area contributed by atoms with Crippen LogP contribution in [0, 0.1) is 0 Å². The minimum Gasteiger partial charge on any atom is -0.479 e. The van der Waals surface area contributed by atoms with Gasteiger partial charge in [-0.25, -0.2) is 9.78 Å². The van der Waals surface area contributed by atoms with Crippen LogP contribution in [-0.2, 0) is 4.79 Å². The van der Waals surface area contributed by atoms with Gasteiger partial charge in [0.1, 0.15) is 5.69 Å². The molecule has 3 N–H and O–H groups in total. The van der Waals surface area contributed by atoms with Gasteiger partial charge in [-0.1, -0.05) is 0 Å². The number of thiazole rings is 1. The highest BCUT2D eigenvalue weighted by Gasteiger charge is 2.30. The normalized spacial score (nSPS) is 14.3. The molecule has 0 bridgehead atoms. The lowest BCUT2D eigenvalue weighted by Crippen LogP contribution is -2.46. The first-order valence-electron chi connectivity index (χ1n) is 4.05. The van der Waals surface area contributed by atoms with Crippen molar-refractivity contribution < 1.29 is 19.8 Å². The van der Waals surface area contributed by atoms with E-state index in [0.29, 0.717) is 0 Å². The number of carboxylic acids is 1. The molecule has 1 unspecified atom stereocenters. The molecule has 1 aromatic heterocycles. The van der Waals surface area contributed by atoms with Crippen LogP contribution >= 0.6 is 11.3 Å². The number of carbonyl (C=O) groups is 2. The second-order valence-electron chi connectivity index (χ2n) is 3.14. The number of carbonyl (C=O) groups excluding carboxylic acids is 1. The minimum atomic E-state index is -1.97. The minimum absolute atomic E-state index is 0.209. The predicted molar refractivity (Wildman–Crippen MR) is 52.7 cm³/mol. The van der Waals surface area contributed by atoms with Crippen LogP contribution in [0.4, 0.5) is 0 Å². The van der Waals surface area contributed by atoms with Crippen molar-refractivity contribution in [1.82, 2.24) is 10.3 Å². The van der Waals surface area contributed by atoms with Gasteiger partial charge in [-0.05, 0) is 6.92 Å². The maximum atomic E-state index is 11.3. The van der Waals surface area contributed by atoms with Gasteiger partial charge in [0.2, 0.25) is 0 Å². The summed E-state index contributed by atoms with van der Waals surface area (Å²) in [4.78, 5) is 25.5. The molecular formula is C8H10N2O4S. The lowest BCUT2D eigenvalue weighted by molar-refractivity contribution is -0.155. The fourth-order valence-corrected chi connectivity index (χ4v) is 1.28. The smallest absolute Gasteiger partial charge is 0.337 e. The van der Waals surface area contributed by atoms with Gasteiger partial charge in [0, 0.05) is 5.38 Å². The van der Waals surface area contributed by atoms with Gasteiger partial charge < -0.3 is 15.5 Å². The van der Waals surface area contributed by atoms with Crippen LogP contribution in [0.25, 0.3) is 0 Å². The number of nitrogens with one attached hydrogen (secondary N) is 1. The van der Waals surface area contributed by atoms with E-state index < -0.39 is 17.5 Å². The number of hydrogen-bond acceptors (Lipinski definition) is 5. The standard InChI is InChI=1S/C8H10N2O4S/c1-8(14,7(12)13)3-9-6(11)5-2-15-4-10-5/h2,4,14H,3H2,1H3,(H,9,11)(H,12,13). The summed E-state index contributed by atoms with van der Waals surface area (Å²) in [6.07, 6.45) is 0. The topological polar surface area (TPSA) is 99.5 Å². The van der Waals surface area contributed by atoms with Crippen molar-refractivity contribution in [3.63, 3.8) is 0 Å². The van der Waals surface area contributed by atoms with Crippen LogP contribution < -0.4 is 5.32 Å². The molecule has 82 valence electrons. The van der Waals surface area contributed by atoms with E-state index in [2.05, 4.69) is 10.3 Å². The Labute approximate surface area is 89.6 Å². The molecule has 0 saturated heterocycles. The number of aromatic nitrogens is 1. The van der Waals surface area contributed by atoms with Gasteiger partial charge in [-0.15, -0.1) is 11.3 Å². The summed E-state index contributed by atoms with van der Waals surface area (Å²) in [5.74, 6) is -1.89. The van der Waals surface area contributed by atoms with Crippen molar-refractivity contribution in [2.45, 2.75) is 12.5 Å². The van der Waals surface area contributed by atoms with E-state index in [1.54, 1.807) is 0 Å². The molecule has 0 saturated carbocycles. The molecule has 1 atom stereocenters. The number of carboxylic acid groups (broad SMARTS) is 1. The number of hydrogen-bond donors (Lipinski definition) is 3. The first kappa shape index (κ1) is 11.6. The second-order valence-corrected chi connectivity index (χ2v) is 3.85. The third kappa shape index (κ3) is 3.00. The SMILES string of the molecule is CC(O)(CNC(=O)c1cscn1)C(=O)O. The highest BCUT2D eigenvalue weighted by Crippen LogP contribution is 2.03. The molecule has 0 aromatic carbocycles. The molecule has 0 radical (unpaired) electrons.